The van der Waals surface area contributed by atoms with Crippen LogP contribution in [0.2, 0.25) is 0 Å². The first-order valence-electron chi connectivity index (χ1n) is 5.16. The van der Waals surface area contributed by atoms with Crippen LogP contribution >= 0.6 is 0 Å². The summed E-state index contributed by atoms with van der Waals surface area (Å²) in [4.78, 5) is 4.51. The quantitative estimate of drug-likeness (QED) is 0.811. The molecule has 1 aromatic heterocycles. The Morgan fingerprint density at radius 3 is 2.87 bits per heavy atom. The first-order valence-corrected chi connectivity index (χ1v) is 9.27. The average molecular weight is 413 g/mol. The summed E-state index contributed by atoms with van der Waals surface area (Å²) in [5, 5.41) is 4.48. The number of hydrogen-bond acceptors (Lipinski definition) is 3. The second kappa shape index (κ2) is 5.16. The first kappa shape index (κ1) is 11.2. The average Bonchev–Trinajstić information content (AvgIpc) is 2.29. The van der Waals surface area contributed by atoms with Crippen molar-refractivity contribution in [1.82, 2.24) is 4.98 Å². The van der Waals surface area contributed by atoms with Crippen LogP contribution in [-0.4, -0.2) is 11.5 Å². The molecule has 4 heteroatoms. The summed E-state index contributed by atoms with van der Waals surface area (Å²) < 4.78 is 3.26. The van der Waals surface area contributed by atoms with E-state index in [1.807, 2.05) is 6.07 Å². The molecule has 2 aromatic rings. The Morgan fingerprint density at radius 1 is 1.27 bits per heavy atom. The monoisotopic (exact) mass is 413 g/mol. The summed E-state index contributed by atoms with van der Waals surface area (Å²) in [5.74, 6) is 1.00. The molecule has 2 N–H and O–H groups in total. The fourth-order valence-electron chi connectivity index (χ4n) is 1.58. The van der Waals surface area contributed by atoms with Crippen LogP contribution in [-0.2, 0) is 0 Å². The van der Waals surface area contributed by atoms with Gasteiger partial charge in [0.1, 0.15) is 0 Å². The van der Waals surface area contributed by atoms with E-state index in [4.69, 9.17) is 0 Å². The maximum absolute atomic E-state index is 4.51. The van der Waals surface area contributed by atoms with E-state index in [0.717, 1.165) is 23.6 Å². The summed E-state index contributed by atoms with van der Waals surface area (Å²) in [6, 6.07) is 10.4. The van der Waals surface area contributed by atoms with Crippen molar-refractivity contribution in [2.24, 2.45) is 0 Å². The molecular formula is C11H13N3Ra. The van der Waals surface area contributed by atoms with Gasteiger partial charge in [0.25, 0.3) is 0 Å². The third-order valence-electron chi connectivity index (χ3n) is 2.33. The Hall–Kier alpha value is -0.302. The van der Waals surface area contributed by atoms with Gasteiger partial charge in [-0.3, -0.25) is 0 Å². The van der Waals surface area contributed by atoms with Crippen LogP contribution in [0.4, 0.5) is 11.5 Å². The Kier molecular flexibility index (Phi) is 3.85. The van der Waals surface area contributed by atoms with Gasteiger partial charge in [0.2, 0.25) is 0 Å². The Morgan fingerprint density at radius 2 is 2.13 bits per heavy atom. The number of anilines is 2. The minimum atomic E-state index is 0.307. The van der Waals surface area contributed by atoms with Crippen LogP contribution in [0.3, 0.4) is 0 Å². The van der Waals surface area contributed by atoms with E-state index in [1.54, 1.807) is 0 Å². The van der Waals surface area contributed by atoms with Crippen molar-refractivity contribution >= 4 is 22.4 Å². The maximum atomic E-state index is 4.51. The Bertz CT molecular complexity index is 470. The molecule has 0 bridgehead atoms. The van der Waals surface area contributed by atoms with E-state index in [0.29, 0.717) is 43.2 Å². The second-order valence-corrected chi connectivity index (χ2v) is 5.44. The third-order valence-corrected chi connectivity index (χ3v) is 4.43. The molecule has 0 aliphatic heterocycles. The summed E-state index contributed by atoms with van der Waals surface area (Å²) in [6.45, 7) is 3.04. The first-order chi connectivity index (χ1) is 7.33. The predicted octanol–water partition coefficient (Wildman–Crippen LogP) is 2.28. The van der Waals surface area contributed by atoms with Gasteiger partial charge in [-0.15, -0.1) is 0 Å². The molecule has 0 spiro atoms. The number of rotatable bonds is 3. The van der Waals surface area contributed by atoms with Crippen LogP contribution in [0, 0.1) is 43.2 Å². The van der Waals surface area contributed by atoms with Gasteiger partial charge in [-0.05, 0) is 0 Å². The molecule has 0 atom stereocenters. The van der Waals surface area contributed by atoms with Gasteiger partial charge in [-0.1, -0.05) is 0 Å². The van der Waals surface area contributed by atoms with Crippen molar-refractivity contribution in [2.45, 2.75) is 6.92 Å². The zero-order valence-corrected chi connectivity index (χ0v) is 17.3. The third kappa shape index (κ3) is 2.63. The van der Waals surface area contributed by atoms with E-state index in [-0.39, 0.29) is 0 Å². The van der Waals surface area contributed by atoms with Crippen LogP contribution < -0.4 is 6.17 Å². The molecule has 15 heavy (non-hydrogen) atoms. The van der Waals surface area contributed by atoms with Crippen molar-refractivity contribution in [3.8, 4) is 0 Å². The molecule has 0 saturated carbocycles. The number of benzene rings is 1. The number of nitrogens with zero attached hydrogens (tertiary/aromatic N) is 1. The molecule has 3 nitrogen and oxygen atoms in total. The number of fused-ring (bicyclic) bond motifs is 1. The number of hydrogen-bond donors (Lipinski definition) is 2. The SMILES string of the molecule is CCNc1ccc2nc([NH][RaH])ccc2c1. The van der Waals surface area contributed by atoms with Crippen molar-refractivity contribution in [3.05, 3.63) is 30.3 Å². The number of aromatic nitrogens is 1. The summed E-state index contributed by atoms with van der Waals surface area (Å²) >= 11 is 0.307. The Labute approximate surface area is 119 Å². The van der Waals surface area contributed by atoms with Gasteiger partial charge in [0.15, 0.2) is 0 Å². The summed E-state index contributed by atoms with van der Waals surface area (Å²) in [6.07, 6.45) is 0. The van der Waals surface area contributed by atoms with Crippen molar-refractivity contribution < 1.29 is 43.2 Å². The van der Waals surface area contributed by atoms with Crippen LogP contribution in [0.25, 0.3) is 10.9 Å². The topological polar surface area (TPSA) is 37.0 Å². The molecule has 0 aliphatic carbocycles. The predicted molar refractivity (Wildman–Crippen MR) is 60.9 cm³/mol. The summed E-state index contributed by atoms with van der Waals surface area (Å²) in [7, 11) is 0. The molecule has 0 amide bonds. The van der Waals surface area contributed by atoms with E-state index in [9.17, 15) is 0 Å². The fourth-order valence-corrected chi connectivity index (χ4v) is 2.72. The van der Waals surface area contributed by atoms with Gasteiger partial charge >= 0.3 is 121 Å². The van der Waals surface area contributed by atoms with Crippen molar-refractivity contribution in [2.75, 3.05) is 12.7 Å². The van der Waals surface area contributed by atoms with Gasteiger partial charge < -0.3 is 0 Å². The van der Waals surface area contributed by atoms with Crippen LogP contribution in [0.15, 0.2) is 30.3 Å². The number of nitrogens with one attached hydrogen (secondary N) is 2. The molecule has 1 aromatic carbocycles. The summed E-state index contributed by atoms with van der Waals surface area (Å²) in [5.41, 5.74) is 2.21. The Balaban J connectivity index is 2.45. The van der Waals surface area contributed by atoms with Crippen LogP contribution in [0.1, 0.15) is 6.92 Å². The van der Waals surface area contributed by atoms with E-state index in [2.05, 4.69) is 42.3 Å². The van der Waals surface area contributed by atoms with Gasteiger partial charge in [0.05, 0.1) is 0 Å². The van der Waals surface area contributed by atoms with E-state index in [1.165, 1.54) is 5.39 Å². The zero-order chi connectivity index (χ0) is 10.7. The second-order valence-electron chi connectivity index (χ2n) is 3.38. The number of pyridine rings is 1. The van der Waals surface area contributed by atoms with Gasteiger partial charge in [-0.2, -0.15) is 0 Å². The minimum absolute atomic E-state index is 0.307. The molecule has 1 heterocycles. The molecule has 0 aliphatic rings. The molecule has 0 saturated heterocycles. The van der Waals surface area contributed by atoms with E-state index < -0.39 is 0 Å². The normalized spacial score (nSPS) is 10.1. The molecular weight excluding hydrogens is 400 g/mol. The fraction of sp³-hybridized carbons (Fsp3) is 0.182. The standard InChI is InChI=1S/C11H12N3.Ra.H/c1-2-13-9-4-5-10-8(7-9)3-6-11(12)14-10;;/h3-7,13H,2H2,1H3,(H-,12,14);;/q-1;+1;. The molecule has 2 rings (SSSR count). The molecule has 0 unspecified atom stereocenters. The molecule has 74 valence electrons. The molecule has 0 radical (unpaired) electrons. The van der Waals surface area contributed by atoms with Gasteiger partial charge in [-0.25, -0.2) is 0 Å². The van der Waals surface area contributed by atoms with Crippen LogP contribution in [0.5, 0.6) is 0 Å². The van der Waals surface area contributed by atoms with Crippen molar-refractivity contribution in [1.29, 1.82) is 0 Å². The molecule has 0 fully saturated rings. The zero-order valence-electron chi connectivity index (χ0n) is 9.04. The van der Waals surface area contributed by atoms with Gasteiger partial charge in [0, 0.05) is 0 Å². The van der Waals surface area contributed by atoms with Crippen molar-refractivity contribution in [3.63, 3.8) is 0 Å². The van der Waals surface area contributed by atoms with E-state index >= 15 is 0 Å².